The maximum atomic E-state index is 6.52. The Morgan fingerprint density at radius 1 is 1.14 bits per heavy atom. The summed E-state index contributed by atoms with van der Waals surface area (Å²) in [6.07, 6.45) is 4.64. The maximum Gasteiger partial charge on any atom is 0.0972 e. The first kappa shape index (κ1) is 15.6. The van der Waals surface area contributed by atoms with Crippen LogP contribution in [-0.2, 0) is 4.74 Å². The van der Waals surface area contributed by atoms with Crippen molar-refractivity contribution < 1.29 is 4.74 Å². The third kappa shape index (κ3) is 3.39. The topological polar surface area (TPSA) is 21.3 Å². The number of halogens is 2. The third-order valence-electron chi connectivity index (χ3n) is 4.99. The average molecular weight is 328 g/mol. The Labute approximate surface area is 137 Å². The molecule has 1 unspecified atom stereocenters. The van der Waals surface area contributed by atoms with E-state index < -0.39 is 0 Å². The van der Waals surface area contributed by atoms with Crippen molar-refractivity contribution in [1.29, 1.82) is 0 Å². The Morgan fingerprint density at radius 3 is 2.57 bits per heavy atom. The molecule has 1 N–H and O–H groups in total. The van der Waals surface area contributed by atoms with Crippen LogP contribution in [0, 0.1) is 5.41 Å². The van der Waals surface area contributed by atoms with Gasteiger partial charge in [-0.05, 0) is 49.3 Å². The van der Waals surface area contributed by atoms with Crippen LogP contribution >= 0.6 is 23.2 Å². The molecule has 1 heterocycles. The average Bonchev–Trinajstić information content (AvgIpc) is 2.46. The predicted octanol–water partition coefficient (Wildman–Crippen LogP) is 4.99. The van der Waals surface area contributed by atoms with Gasteiger partial charge < -0.3 is 10.1 Å². The lowest BCUT2D eigenvalue weighted by Crippen LogP contribution is -2.53. The summed E-state index contributed by atoms with van der Waals surface area (Å²) in [6.45, 7) is 6.44. The highest BCUT2D eigenvalue weighted by atomic mass is 35.5. The molecule has 1 aliphatic heterocycles. The summed E-state index contributed by atoms with van der Waals surface area (Å²) in [5.41, 5.74) is 1.40. The smallest absolute Gasteiger partial charge is 0.0972 e. The van der Waals surface area contributed by atoms with E-state index in [1.165, 1.54) is 12.8 Å². The first-order valence-corrected chi connectivity index (χ1v) is 8.48. The van der Waals surface area contributed by atoms with Gasteiger partial charge in [0.25, 0.3) is 0 Å². The molecule has 2 nitrogen and oxygen atoms in total. The zero-order valence-corrected chi connectivity index (χ0v) is 14.2. The SMILES string of the molecule is CC1(C)CCC2(CC1)CNCC(c1cc(Cl)ccc1Cl)O2. The first-order valence-electron chi connectivity index (χ1n) is 7.73. The van der Waals surface area contributed by atoms with Crippen molar-refractivity contribution in [2.24, 2.45) is 5.41 Å². The molecule has 2 aliphatic rings. The van der Waals surface area contributed by atoms with E-state index in [-0.39, 0.29) is 11.7 Å². The first-order chi connectivity index (χ1) is 9.89. The molecule has 3 rings (SSSR count). The highest BCUT2D eigenvalue weighted by Crippen LogP contribution is 2.45. The molecule has 1 saturated heterocycles. The summed E-state index contributed by atoms with van der Waals surface area (Å²) < 4.78 is 6.52. The van der Waals surface area contributed by atoms with E-state index in [2.05, 4.69) is 19.2 Å². The van der Waals surface area contributed by atoms with Gasteiger partial charge in [0.15, 0.2) is 0 Å². The van der Waals surface area contributed by atoms with Gasteiger partial charge in [-0.25, -0.2) is 0 Å². The number of hydrogen-bond acceptors (Lipinski definition) is 2. The number of hydrogen-bond donors (Lipinski definition) is 1. The van der Waals surface area contributed by atoms with Gasteiger partial charge in [0, 0.05) is 28.7 Å². The van der Waals surface area contributed by atoms with E-state index in [4.69, 9.17) is 27.9 Å². The summed E-state index contributed by atoms with van der Waals surface area (Å²) in [7, 11) is 0. The summed E-state index contributed by atoms with van der Waals surface area (Å²) >= 11 is 12.5. The molecule has 1 spiro atoms. The Morgan fingerprint density at radius 2 is 1.86 bits per heavy atom. The lowest BCUT2D eigenvalue weighted by molar-refractivity contribution is -0.147. The quantitative estimate of drug-likeness (QED) is 0.784. The second kappa shape index (κ2) is 5.73. The standard InChI is InChI=1S/C17H23Cl2NO/c1-16(2)5-7-17(8-6-16)11-20-10-15(21-17)13-9-12(18)3-4-14(13)19/h3-4,9,15,20H,5-8,10-11H2,1-2H3. The van der Waals surface area contributed by atoms with Crippen molar-refractivity contribution in [3.8, 4) is 0 Å². The molecule has 0 radical (unpaired) electrons. The van der Waals surface area contributed by atoms with Crippen molar-refractivity contribution in [1.82, 2.24) is 5.32 Å². The fourth-order valence-electron chi connectivity index (χ4n) is 3.43. The lowest BCUT2D eigenvalue weighted by Gasteiger charge is -2.48. The van der Waals surface area contributed by atoms with Gasteiger partial charge >= 0.3 is 0 Å². The van der Waals surface area contributed by atoms with Gasteiger partial charge in [-0.15, -0.1) is 0 Å². The molecule has 1 aromatic rings. The van der Waals surface area contributed by atoms with E-state index in [1.54, 1.807) is 0 Å². The van der Waals surface area contributed by atoms with Crippen LogP contribution in [0.4, 0.5) is 0 Å². The second-order valence-corrected chi connectivity index (χ2v) is 8.09. The van der Waals surface area contributed by atoms with Gasteiger partial charge in [-0.1, -0.05) is 37.0 Å². The largest absolute Gasteiger partial charge is 0.364 e. The van der Waals surface area contributed by atoms with Crippen LogP contribution in [0.2, 0.25) is 10.0 Å². The molecule has 116 valence electrons. The van der Waals surface area contributed by atoms with E-state index in [1.807, 2.05) is 18.2 Å². The molecule has 21 heavy (non-hydrogen) atoms. The van der Waals surface area contributed by atoms with E-state index >= 15 is 0 Å². The highest BCUT2D eigenvalue weighted by Gasteiger charge is 2.43. The van der Waals surface area contributed by atoms with Crippen molar-refractivity contribution >= 4 is 23.2 Å². The molecular weight excluding hydrogens is 305 g/mol. The number of nitrogens with one attached hydrogen (secondary N) is 1. The molecule has 0 aromatic heterocycles. The minimum atomic E-state index is -0.0376. The second-order valence-electron chi connectivity index (χ2n) is 7.25. The Bertz CT molecular complexity index is 520. The minimum absolute atomic E-state index is 0.00818. The van der Waals surface area contributed by atoms with E-state index in [0.29, 0.717) is 10.4 Å². The van der Waals surface area contributed by atoms with Gasteiger partial charge in [-0.2, -0.15) is 0 Å². The fraction of sp³-hybridized carbons (Fsp3) is 0.647. The molecule has 2 fully saturated rings. The fourth-order valence-corrected chi connectivity index (χ4v) is 3.85. The summed E-state index contributed by atoms with van der Waals surface area (Å²) in [5, 5.41) is 4.99. The predicted molar refractivity (Wildman–Crippen MR) is 88.1 cm³/mol. The number of benzene rings is 1. The molecule has 1 aliphatic carbocycles. The lowest BCUT2D eigenvalue weighted by atomic mass is 9.70. The third-order valence-corrected chi connectivity index (χ3v) is 5.57. The number of ether oxygens (including phenoxy) is 1. The summed E-state index contributed by atoms with van der Waals surface area (Å²) in [4.78, 5) is 0. The van der Waals surface area contributed by atoms with Crippen molar-refractivity contribution in [3.63, 3.8) is 0 Å². The van der Waals surface area contributed by atoms with Gasteiger partial charge in [0.05, 0.1) is 11.7 Å². The molecule has 1 aromatic carbocycles. The summed E-state index contributed by atoms with van der Waals surface area (Å²) in [5.74, 6) is 0. The van der Waals surface area contributed by atoms with Gasteiger partial charge in [-0.3, -0.25) is 0 Å². The van der Waals surface area contributed by atoms with Crippen molar-refractivity contribution in [2.75, 3.05) is 13.1 Å². The Hall–Kier alpha value is -0.280. The van der Waals surface area contributed by atoms with Gasteiger partial charge in [0.1, 0.15) is 0 Å². The molecular formula is C17H23Cl2NO. The van der Waals surface area contributed by atoms with Crippen LogP contribution in [0.25, 0.3) is 0 Å². The molecule has 0 amide bonds. The van der Waals surface area contributed by atoms with E-state index in [9.17, 15) is 0 Å². The molecule has 1 saturated carbocycles. The van der Waals surface area contributed by atoms with Crippen LogP contribution in [-0.4, -0.2) is 18.7 Å². The molecule has 0 bridgehead atoms. The van der Waals surface area contributed by atoms with Crippen LogP contribution < -0.4 is 5.32 Å². The Balaban J connectivity index is 1.79. The van der Waals surface area contributed by atoms with Crippen LogP contribution in [0.15, 0.2) is 18.2 Å². The van der Waals surface area contributed by atoms with Crippen LogP contribution in [0.3, 0.4) is 0 Å². The van der Waals surface area contributed by atoms with Crippen molar-refractivity contribution in [3.05, 3.63) is 33.8 Å². The molecule has 4 heteroatoms. The highest BCUT2D eigenvalue weighted by molar-refractivity contribution is 6.33. The van der Waals surface area contributed by atoms with Crippen molar-refractivity contribution in [2.45, 2.75) is 51.2 Å². The van der Waals surface area contributed by atoms with Crippen LogP contribution in [0.5, 0.6) is 0 Å². The monoisotopic (exact) mass is 327 g/mol. The normalized spacial score (nSPS) is 27.7. The maximum absolute atomic E-state index is 6.52. The zero-order chi connectivity index (χ0) is 15.1. The minimum Gasteiger partial charge on any atom is -0.364 e. The van der Waals surface area contributed by atoms with E-state index in [0.717, 1.165) is 36.5 Å². The Kier molecular flexibility index (Phi) is 4.26. The zero-order valence-electron chi connectivity index (χ0n) is 12.7. The number of morpholine rings is 1. The molecule has 1 atom stereocenters. The van der Waals surface area contributed by atoms with Gasteiger partial charge in [0.2, 0.25) is 0 Å². The summed E-state index contributed by atoms with van der Waals surface area (Å²) in [6, 6.07) is 5.61. The van der Waals surface area contributed by atoms with Crippen LogP contribution in [0.1, 0.15) is 51.2 Å². The number of rotatable bonds is 1.